The van der Waals surface area contributed by atoms with Crippen molar-refractivity contribution in [3.63, 3.8) is 0 Å². The van der Waals surface area contributed by atoms with Crippen LogP contribution in [-0.2, 0) is 27.3 Å². The average molecular weight is 506 g/mol. The van der Waals surface area contributed by atoms with E-state index in [0.29, 0.717) is 36.3 Å². The summed E-state index contributed by atoms with van der Waals surface area (Å²) < 4.78 is 36.9. The predicted molar refractivity (Wildman–Crippen MR) is 125 cm³/mol. The number of nitrogens with one attached hydrogen (secondary N) is 1. The minimum Gasteiger partial charge on any atom is -0.493 e. The number of carbonyl (C=O) groups is 3. The largest absolute Gasteiger partial charge is 0.493 e. The maximum Gasteiger partial charge on any atom is 0.341 e. The second kappa shape index (κ2) is 12.3. The summed E-state index contributed by atoms with van der Waals surface area (Å²) in [7, 11) is 1.42. The molecule has 0 unspecified atom stereocenters. The van der Waals surface area contributed by atoms with Gasteiger partial charge in [0.2, 0.25) is 11.8 Å². The summed E-state index contributed by atoms with van der Waals surface area (Å²) >= 11 is 0. The summed E-state index contributed by atoms with van der Waals surface area (Å²) in [6.45, 7) is 0.0866. The van der Waals surface area contributed by atoms with Crippen LogP contribution < -0.4 is 20.5 Å². The fraction of sp³-hybridized carbons (Fsp3) is 0.400. The van der Waals surface area contributed by atoms with Gasteiger partial charge in [0.25, 0.3) is 0 Å². The summed E-state index contributed by atoms with van der Waals surface area (Å²) in [6, 6.07) is 7.13. The molecule has 36 heavy (non-hydrogen) atoms. The number of hydrogen-bond acceptors (Lipinski definition) is 6. The fourth-order valence-corrected chi connectivity index (χ4v) is 4.11. The number of nitrogens with two attached hydrogens (primary N) is 1. The molecule has 3 rings (SSSR count). The molecule has 4 N–H and O–H groups in total. The lowest BCUT2D eigenvalue weighted by Crippen LogP contribution is -2.47. The van der Waals surface area contributed by atoms with Crippen LogP contribution in [0.1, 0.15) is 30.4 Å². The number of halogens is 2. The molecule has 1 heterocycles. The predicted octanol–water partition coefficient (Wildman–Crippen LogP) is 2.00. The van der Waals surface area contributed by atoms with Crippen LogP contribution in [0.5, 0.6) is 11.5 Å². The first-order valence-electron chi connectivity index (χ1n) is 11.5. The highest BCUT2D eigenvalue weighted by Gasteiger charge is 2.34. The molecular formula is C25H29F2N3O6. The second-order valence-electron chi connectivity index (χ2n) is 8.55. The van der Waals surface area contributed by atoms with Gasteiger partial charge in [0, 0.05) is 25.6 Å². The Hall–Kier alpha value is -3.73. The quantitative estimate of drug-likeness (QED) is 0.426. The van der Waals surface area contributed by atoms with Crippen molar-refractivity contribution in [2.75, 3.05) is 20.3 Å². The Labute approximate surface area is 207 Å². The Balaban J connectivity index is 1.54. The highest BCUT2D eigenvalue weighted by Crippen LogP contribution is 2.28. The van der Waals surface area contributed by atoms with E-state index in [1.54, 1.807) is 18.2 Å². The van der Waals surface area contributed by atoms with E-state index in [9.17, 15) is 23.2 Å². The SMILES string of the molecule is COc1cc(CNC(=O)[C@@H]2CCCN2C(=O)C[C@H](N)Cc2ccc(F)c(F)c2)ccc1OCC(=O)O. The van der Waals surface area contributed by atoms with E-state index < -0.39 is 36.3 Å². The van der Waals surface area contributed by atoms with E-state index in [2.05, 4.69) is 5.32 Å². The van der Waals surface area contributed by atoms with E-state index >= 15 is 0 Å². The van der Waals surface area contributed by atoms with Crippen LogP contribution in [0.3, 0.4) is 0 Å². The van der Waals surface area contributed by atoms with Crippen molar-refractivity contribution >= 4 is 17.8 Å². The first-order valence-corrected chi connectivity index (χ1v) is 11.5. The molecule has 2 atom stereocenters. The number of ether oxygens (including phenoxy) is 2. The van der Waals surface area contributed by atoms with Crippen LogP contribution in [0.15, 0.2) is 36.4 Å². The van der Waals surface area contributed by atoms with Crippen molar-refractivity contribution in [2.45, 2.75) is 44.3 Å². The van der Waals surface area contributed by atoms with Gasteiger partial charge in [-0.25, -0.2) is 13.6 Å². The Morgan fingerprint density at radius 2 is 1.89 bits per heavy atom. The van der Waals surface area contributed by atoms with Crippen LogP contribution >= 0.6 is 0 Å². The fourth-order valence-electron chi connectivity index (χ4n) is 4.11. The lowest BCUT2D eigenvalue weighted by Gasteiger charge is -2.25. The van der Waals surface area contributed by atoms with Gasteiger partial charge in [-0.15, -0.1) is 0 Å². The first kappa shape index (κ1) is 26.9. The molecule has 0 aliphatic carbocycles. The smallest absolute Gasteiger partial charge is 0.341 e. The first-order chi connectivity index (χ1) is 17.2. The summed E-state index contributed by atoms with van der Waals surface area (Å²) in [5.41, 5.74) is 7.26. The molecule has 2 aromatic rings. The Bertz CT molecular complexity index is 1110. The van der Waals surface area contributed by atoms with Crippen molar-refractivity contribution in [3.8, 4) is 11.5 Å². The molecule has 0 radical (unpaired) electrons. The number of aliphatic carboxylic acids is 1. The number of nitrogens with zero attached hydrogens (tertiary/aromatic N) is 1. The number of methoxy groups -OCH3 is 1. The lowest BCUT2D eigenvalue weighted by molar-refractivity contribution is -0.139. The van der Waals surface area contributed by atoms with Gasteiger partial charge in [0.1, 0.15) is 6.04 Å². The van der Waals surface area contributed by atoms with Crippen molar-refractivity contribution in [1.82, 2.24) is 10.2 Å². The summed E-state index contributed by atoms with van der Waals surface area (Å²) in [5.74, 6) is -3.02. The molecule has 0 bridgehead atoms. The van der Waals surface area contributed by atoms with E-state index in [-0.39, 0.29) is 37.0 Å². The zero-order valence-electron chi connectivity index (χ0n) is 19.8. The van der Waals surface area contributed by atoms with Crippen molar-refractivity contribution < 1.29 is 37.7 Å². The Kier molecular flexibility index (Phi) is 9.18. The highest BCUT2D eigenvalue weighted by molar-refractivity contribution is 5.88. The highest BCUT2D eigenvalue weighted by atomic mass is 19.2. The zero-order chi connectivity index (χ0) is 26.2. The molecule has 0 spiro atoms. The van der Waals surface area contributed by atoms with E-state index in [1.165, 1.54) is 18.1 Å². The maximum atomic E-state index is 13.4. The van der Waals surface area contributed by atoms with Crippen molar-refractivity contribution in [3.05, 3.63) is 59.2 Å². The minimum atomic E-state index is -1.12. The van der Waals surface area contributed by atoms with E-state index in [0.717, 1.165) is 12.1 Å². The Morgan fingerprint density at radius 3 is 2.58 bits per heavy atom. The van der Waals surface area contributed by atoms with E-state index in [4.69, 9.17) is 20.3 Å². The van der Waals surface area contributed by atoms with Gasteiger partial charge in [-0.05, 0) is 54.7 Å². The number of carboxylic acid groups (broad SMARTS) is 1. The molecule has 2 aromatic carbocycles. The topological polar surface area (TPSA) is 131 Å². The number of likely N-dealkylation sites (tertiary alicyclic amines) is 1. The number of benzene rings is 2. The van der Waals surface area contributed by atoms with Gasteiger partial charge in [0.05, 0.1) is 7.11 Å². The number of carboxylic acids is 1. The molecule has 11 heteroatoms. The van der Waals surface area contributed by atoms with Crippen molar-refractivity contribution in [2.24, 2.45) is 5.73 Å². The van der Waals surface area contributed by atoms with Crippen LogP contribution in [0.2, 0.25) is 0 Å². The third-order valence-electron chi connectivity index (χ3n) is 5.84. The number of carbonyl (C=O) groups excluding carboxylic acids is 2. The van der Waals surface area contributed by atoms with Gasteiger partial charge in [0.15, 0.2) is 29.7 Å². The van der Waals surface area contributed by atoms with Crippen molar-refractivity contribution in [1.29, 1.82) is 0 Å². The molecular weight excluding hydrogens is 476 g/mol. The summed E-state index contributed by atoms with van der Waals surface area (Å²) in [6.07, 6.45) is 1.35. The molecule has 1 aliphatic heterocycles. The van der Waals surface area contributed by atoms with Gasteiger partial charge >= 0.3 is 5.97 Å². The van der Waals surface area contributed by atoms with Crippen LogP contribution in [0.4, 0.5) is 8.78 Å². The molecule has 2 amide bonds. The molecule has 194 valence electrons. The van der Waals surface area contributed by atoms with Crippen LogP contribution in [0.25, 0.3) is 0 Å². The maximum absolute atomic E-state index is 13.4. The molecule has 1 aliphatic rings. The number of amides is 2. The van der Waals surface area contributed by atoms with Crippen LogP contribution in [0, 0.1) is 11.6 Å². The Morgan fingerprint density at radius 1 is 1.14 bits per heavy atom. The van der Waals surface area contributed by atoms with Gasteiger partial charge in [-0.3, -0.25) is 9.59 Å². The second-order valence-corrected chi connectivity index (χ2v) is 8.55. The van der Waals surface area contributed by atoms with Crippen LogP contribution in [-0.4, -0.2) is 60.1 Å². The number of hydrogen-bond donors (Lipinski definition) is 3. The monoisotopic (exact) mass is 505 g/mol. The normalized spacial score (nSPS) is 15.9. The molecule has 1 fully saturated rings. The molecule has 0 saturated carbocycles. The standard InChI is InChI=1S/C25H29F2N3O6/c1-35-22-11-16(5-7-21(22)36-14-24(32)33)13-29-25(34)20-3-2-8-30(20)23(31)12-17(28)9-15-4-6-18(26)19(27)10-15/h4-7,10-11,17,20H,2-3,8-9,12-14,28H2,1H3,(H,29,34)(H,32,33)/t17-,20+/m1/s1. The lowest BCUT2D eigenvalue weighted by atomic mass is 10.0. The van der Waals surface area contributed by atoms with Gasteiger partial charge < -0.3 is 30.5 Å². The van der Waals surface area contributed by atoms with Gasteiger partial charge in [-0.2, -0.15) is 0 Å². The third kappa shape index (κ3) is 7.14. The third-order valence-corrected chi connectivity index (χ3v) is 5.84. The van der Waals surface area contributed by atoms with E-state index in [1.807, 2.05) is 0 Å². The summed E-state index contributed by atoms with van der Waals surface area (Å²) in [4.78, 5) is 37.9. The molecule has 9 nitrogen and oxygen atoms in total. The summed E-state index contributed by atoms with van der Waals surface area (Å²) in [5, 5.41) is 11.6. The average Bonchev–Trinajstić information content (AvgIpc) is 3.34. The number of rotatable bonds is 11. The minimum absolute atomic E-state index is 0.0300. The molecule has 1 saturated heterocycles. The van der Waals surface area contributed by atoms with Gasteiger partial charge in [-0.1, -0.05) is 12.1 Å². The molecule has 0 aromatic heterocycles. The zero-order valence-corrected chi connectivity index (χ0v) is 19.8.